The van der Waals surface area contributed by atoms with Crippen molar-refractivity contribution in [3.63, 3.8) is 0 Å². The van der Waals surface area contributed by atoms with Crippen LogP contribution in [-0.2, 0) is 4.79 Å². The Balaban J connectivity index is 2.29. The van der Waals surface area contributed by atoms with E-state index < -0.39 is 5.91 Å². The van der Waals surface area contributed by atoms with Crippen molar-refractivity contribution >= 4 is 29.3 Å². The smallest absolute Gasteiger partial charge is 0.266 e. The molecule has 1 N–H and O–H groups in total. The van der Waals surface area contributed by atoms with E-state index in [0.29, 0.717) is 34.4 Å². The second kappa shape index (κ2) is 10.1. The molecule has 0 unspecified atom stereocenters. The molecule has 0 radical (unpaired) electrons. The third-order valence-electron chi connectivity index (χ3n) is 3.70. The summed E-state index contributed by atoms with van der Waals surface area (Å²) in [6.45, 7) is 4.22. The summed E-state index contributed by atoms with van der Waals surface area (Å²) >= 11 is 5.97. The number of nitrogens with one attached hydrogen (secondary N) is 1. The average Bonchev–Trinajstić information content (AvgIpc) is 2.68. The number of terminal acetylenes is 1. The SMILES string of the molecule is C#CCOc1ccc(/C=C(\C#N)C(=O)Nc2cc(Cl)ccc2C)cc1OCC. The molecule has 2 aromatic carbocycles. The zero-order chi connectivity index (χ0) is 20.5. The molecule has 0 aromatic heterocycles. The van der Waals surface area contributed by atoms with Gasteiger partial charge in [-0.2, -0.15) is 5.26 Å². The molecule has 0 spiro atoms. The molecule has 0 atom stereocenters. The highest BCUT2D eigenvalue weighted by molar-refractivity contribution is 6.31. The minimum atomic E-state index is -0.529. The lowest BCUT2D eigenvalue weighted by molar-refractivity contribution is -0.112. The van der Waals surface area contributed by atoms with Crippen LogP contribution in [0.1, 0.15) is 18.1 Å². The predicted octanol–water partition coefficient (Wildman–Crippen LogP) is 4.60. The Bertz CT molecular complexity index is 984. The first-order chi connectivity index (χ1) is 13.5. The number of rotatable bonds is 7. The van der Waals surface area contributed by atoms with Crippen LogP contribution in [0.3, 0.4) is 0 Å². The number of benzene rings is 2. The minimum absolute atomic E-state index is 0.0564. The molecule has 0 heterocycles. The van der Waals surface area contributed by atoms with Crippen LogP contribution in [-0.4, -0.2) is 19.1 Å². The number of hydrogen-bond donors (Lipinski definition) is 1. The molecule has 0 aliphatic heterocycles. The van der Waals surface area contributed by atoms with E-state index in [-0.39, 0.29) is 12.2 Å². The van der Waals surface area contributed by atoms with Crippen LogP contribution in [0.25, 0.3) is 6.08 Å². The van der Waals surface area contributed by atoms with Gasteiger partial charge in [-0.25, -0.2) is 0 Å². The van der Waals surface area contributed by atoms with E-state index in [1.54, 1.807) is 36.4 Å². The van der Waals surface area contributed by atoms with E-state index >= 15 is 0 Å². The van der Waals surface area contributed by atoms with E-state index in [2.05, 4.69) is 11.2 Å². The Morgan fingerprint density at radius 2 is 2.04 bits per heavy atom. The Morgan fingerprint density at radius 3 is 2.71 bits per heavy atom. The summed E-state index contributed by atoms with van der Waals surface area (Å²) in [5.41, 5.74) is 1.94. The Labute approximate surface area is 169 Å². The average molecular weight is 395 g/mol. The lowest BCUT2D eigenvalue weighted by atomic mass is 10.1. The van der Waals surface area contributed by atoms with Gasteiger partial charge in [0, 0.05) is 10.7 Å². The molecule has 0 saturated carbocycles. The van der Waals surface area contributed by atoms with Crippen molar-refractivity contribution in [1.29, 1.82) is 5.26 Å². The first-order valence-corrected chi connectivity index (χ1v) is 8.88. The van der Waals surface area contributed by atoms with Crippen LogP contribution in [0, 0.1) is 30.6 Å². The first-order valence-electron chi connectivity index (χ1n) is 8.51. The predicted molar refractivity (Wildman–Crippen MR) is 110 cm³/mol. The number of aryl methyl sites for hydroxylation is 1. The third-order valence-corrected chi connectivity index (χ3v) is 3.94. The Kier molecular flexibility index (Phi) is 7.51. The lowest BCUT2D eigenvalue weighted by Gasteiger charge is -2.11. The molecule has 2 aromatic rings. The lowest BCUT2D eigenvalue weighted by Crippen LogP contribution is -2.14. The molecular formula is C22H19ClN2O3. The normalized spacial score (nSPS) is 10.5. The number of amides is 1. The van der Waals surface area contributed by atoms with Gasteiger partial charge >= 0.3 is 0 Å². The number of nitriles is 1. The minimum Gasteiger partial charge on any atom is -0.490 e. The molecule has 0 fully saturated rings. The van der Waals surface area contributed by atoms with E-state index in [1.807, 2.05) is 19.9 Å². The quantitative estimate of drug-likeness (QED) is 0.423. The van der Waals surface area contributed by atoms with Gasteiger partial charge in [0.2, 0.25) is 0 Å². The van der Waals surface area contributed by atoms with Crippen molar-refractivity contribution < 1.29 is 14.3 Å². The highest BCUT2D eigenvalue weighted by Crippen LogP contribution is 2.29. The van der Waals surface area contributed by atoms with Crippen LogP contribution in [0.4, 0.5) is 5.69 Å². The molecule has 0 aliphatic rings. The monoisotopic (exact) mass is 394 g/mol. The number of nitrogens with zero attached hydrogens (tertiary/aromatic N) is 1. The van der Waals surface area contributed by atoms with Gasteiger partial charge in [-0.15, -0.1) is 6.42 Å². The summed E-state index contributed by atoms with van der Waals surface area (Å²) in [6, 6.07) is 12.2. The first kappa shape index (κ1) is 20.9. The molecule has 0 saturated heterocycles. The number of carbonyl (C=O) groups excluding carboxylic acids is 1. The second-order valence-corrected chi connectivity index (χ2v) is 6.15. The van der Waals surface area contributed by atoms with E-state index in [1.165, 1.54) is 6.08 Å². The number of hydrogen-bond acceptors (Lipinski definition) is 4. The van der Waals surface area contributed by atoms with Gasteiger partial charge in [0.25, 0.3) is 5.91 Å². The van der Waals surface area contributed by atoms with Crippen molar-refractivity contribution in [3.05, 3.63) is 58.1 Å². The molecule has 0 bridgehead atoms. The largest absolute Gasteiger partial charge is 0.490 e. The topological polar surface area (TPSA) is 71.3 Å². The summed E-state index contributed by atoms with van der Waals surface area (Å²) in [7, 11) is 0. The molecule has 0 aliphatic carbocycles. The van der Waals surface area contributed by atoms with Crippen LogP contribution < -0.4 is 14.8 Å². The fourth-order valence-electron chi connectivity index (χ4n) is 2.36. The zero-order valence-electron chi connectivity index (χ0n) is 15.6. The van der Waals surface area contributed by atoms with Gasteiger partial charge in [-0.05, 0) is 55.3 Å². The fourth-order valence-corrected chi connectivity index (χ4v) is 2.53. The van der Waals surface area contributed by atoms with Crippen molar-refractivity contribution in [2.75, 3.05) is 18.5 Å². The number of ether oxygens (including phenoxy) is 2. The van der Waals surface area contributed by atoms with Crippen LogP contribution in [0.15, 0.2) is 42.0 Å². The second-order valence-electron chi connectivity index (χ2n) is 5.72. The van der Waals surface area contributed by atoms with Gasteiger partial charge in [0.15, 0.2) is 11.5 Å². The number of halogens is 1. The van der Waals surface area contributed by atoms with Gasteiger partial charge < -0.3 is 14.8 Å². The summed E-state index contributed by atoms with van der Waals surface area (Å²) in [5.74, 6) is 2.84. The summed E-state index contributed by atoms with van der Waals surface area (Å²) < 4.78 is 11.0. The van der Waals surface area contributed by atoms with Crippen LogP contribution >= 0.6 is 11.6 Å². The highest BCUT2D eigenvalue weighted by atomic mass is 35.5. The van der Waals surface area contributed by atoms with Gasteiger partial charge in [-0.3, -0.25) is 4.79 Å². The van der Waals surface area contributed by atoms with Crippen LogP contribution in [0.2, 0.25) is 5.02 Å². The Morgan fingerprint density at radius 1 is 1.25 bits per heavy atom. The molecule has 28 heavy (non-hydrogen) atoms. The van der Waals surface area contributed by atoms with Crippen molar-refractivity contribution in [3.8, 4) is 29.9 Å². The molecule has 1 amide bonds. The molecule has 2 rings (SSSR count). The van der Waals surface area contributed by atoms with E-state index in [9.17, 15) is 10.1 Å². The third kappa shape index (κ3) is 5.54. The molecule has 5 nitrogen and oxygen atoms in total. The molecular weight excluding hydrogens is 376 g/mol. The van der Waals surface area contributed by atoms with Crippen LogP contribution in [0.5, 0.6) is 11.5 Å². The maximum absolute atomic E-state index is 12.5. The van der Waals surface area contributed by atoms with Gasteiger partial charge in [0.1, 0.15) is 18.2 Å². The summed E-state index contributed by atoms with van der Waals surface area (Å²) in [5, 5.41) is 12.6. The summed E-state index contributed by atoms with van der Waals surface area (Å²) in [6.07, 6.45) is 6.69. The summed E-state index contributed by atoms with van der Waals surface area (Å²) in [4.78, 5) is 12.5. The maximum Gasteiger partial charge on any atom is 0.266 e. The Hall–Kier alpha value is -3.41. The van der Waals surface area contributed by atoms with E-state index in [4.69, 9.17) is 27.5 Å². The van der Waals surface area contributed by atoms with Gasteiger partial charge in [-0.1, -0.05) is 29.7 Å². The van der Waals surface area contributed by atoms with Crippen molar-refractivity contribution in [2.45, 2.75) is 13.8 Å². The number of anilines is 1. The molecule has 142 valence electrons. The standard InChI is InChI=1S/C22H19ClN2O3/c1-4-10-28-20-9-7-16(12-21(20)27-5-2)11-17(14-24)22(26)25-19-13-18(23)8-6-15(19)3/h1,6-9,11-13H,5,10H2,2-3H3,(H,25,26)/b17-11+. The maximum atomic E-state index is 12.5. The molecule has 6 heteroatoms. The van der Waals surface area contributed by atoms with Crippen molar-refractivity contribution in [1.82, 2.24) is 0 Å². The highest BCUT2D eigenvalue weighted by Gasteiger charge is 2.12. The van der Waals surface area contributed by atoms with E-state index in [0.717, 1.165) is 5.56 Å². The van der Waals surface area contributed by atoms with Crippen molar-refractivity contribution in [2.24, 2.45) is 0 Å². The zero-order valence-corrected chi connectivity index (χ0v) is 16.3. The van der Waals surface area contributed by atoms with Gasteiger partial charge in [0.05, 0.1) is 6.61 Å². The number of carbonyl (C=O) groups is 1. The fraction of sp³-hybridized carbons (Fsp3) is 0.182.